The van der Waals surface area contributed by atoms with Crippen LogP contribution in [0.2, 0.25) is 5.02 Å². The van der Waals surface area contributed by atoms with Crippen LogP contribution in [0.25, 0.3) is 0 Å². The maximum atomic E-state index is 14.2. The van der Waals surface area contributed by atoms with Gasteiger partial charge in [0.15, 0.2) is 0 Å². The van der Waals surface area contributed by atoms with Crippen molar-refractivity contribution >= 4 is 39.1 Å². The molecule has 0 unspecified atom stereocenters. The highest BCUT2D eigenvalue weighted by Gasteiger charge is 2.44. The van der Waals surface area contributed by atoms with Gasteiger partial charge in [-0.05, 0) is 97.7 Å². The van der Waals surface area contributed by atoms with Crippen LogP contribution in [0.4, 0.5) is 14.9 Å². The summed E-state index contributed by atoms with van der Waals surface area (Å²) in [4.78, 5) is 28.9. The minimum absolute atomic E-state index is 0.0456. The van der Waals surface area contributed by atoms with Gasteiger partial charge in [-0.25, -0.2) is 13.4 Å². The molecule has 2 aromatic rings. The molecule has 0 aromatic heterocycles. The van der Waals surface area contributed by atoms with Crippen LogP contribution in [0.3, 0.4) is 0 Å². The van der Waals surface area contributed by atoms with E-state index in [2.05, 4.69) is 37.5 Å². The lowest BCUT2D eigenvalue weighted by Crippen LogP contribution is -2.49. The second-order valence-corrected chi connectivity index (χ2v) is 16.8. The number of benzene rings is 2. The van der Waals surface area contributed by atoms with Crippen LogP contribution in [0.5, 0.6) is 5.75 Å². The van der Waals surface area contributed by atoms with E-state index in [1.165, 1.54) is 11.1 Å². The summed E-state index contributed by atoms with van der Waals surface area (Å²) < 4.78 is 46.9. The number of ether oxygens (including phenoxy) is 2. The number of hydrogen-bond acceptors (Lipinski definition) is 6. The number of nitrogens with zero attached hydrogens (tertiary/aromatic N) is 2. The Morgan fingerprint density at radius 2 is 2.06 bits per heavy atom. The normalized spacial score (nSPS) is 35.1. The summed E-state index contributed by atoms with van der Waals surface area (Å²) in [6, 6.07) is 10.0. The van der Waals surface area contributed by atoms with Crippen molar-refractivity contribution in [2.75, 3.05) is 37.5 Å². The Bertz CT molecular complexity index is 1750. The Kier molecular flexibility index (Phi) is 9.23. The predicted octanol–water partition coefficient (Wildman–Crippen LogP) is 6.38. The second kappa shape index (κ2) is 13.3. The fraction of sp³-hybridized carbons (Fsp3) is 0.556. The zero-order valence-electron chi connectivity index (χ0n) is 27.5. The molecule has 8 atom stereocenters. The Hall–Kier alpha value is -3.15. The van der Waals surface area contributed by atoms with Crippen molar-refractivity contribution in [3.8, 4) is 5.75 Å². The van der Waals surface area contributed by atoms with E-state index in [-0.39, 0.29) is 35.2 Å². The summed E-state index contributed by atoms with van der Waals surface area (Å²) in [5.41, 5.74) is 3.30. The fourth-order valence-corrected chi connectivity index (χ4v) is 10.1. The molecule has 2 fully saturated rings. The molecular weight excluding hydrogens is 655 g/mol. The summed E-state index contributed by atoms with van der Waals surface area (Å²) in [5.74, 6) is 0.472. The first-order valence-electron chi connectivity index (χ1n) is 17.1. The Labute approximate surface area is 287 Å². The quantitative estimate of drug-likeness (QED) is 0.360. The van der Waals surface area contributed by atoms with Crippen LogP contribution in [0.15, 0.2) is 52.9 Å². The fourth-order valence-electron chi connectivity index (χ4n) is 8.02. The van der Waals surface area contributed by atoms with Gasteiger partial charge in [-0.1, -0.05) is 36.7 Å². The summed E-state index contributed by atoms with van der Waals surface area (Å²) in [6.07, 6.45) is 8.79. The molecule has 5 aliphatic rings. The Morgan fingerprint density at radius 3 is 2.81 bits per heavy atom. The number of halogens is 2. The second-order valence-electron chi connectivity index (χ2n) is 14.4. The van der Waals surface area contributed by atoms with Crippen LogP contribution in [-0.4, -0.2) is 67.0 Å². The number of rotatable bonds is 3. The molecule has 3 aliphatic carbocycles. The summed E-state index contributed by atoms with van der Waals surface area (Å²) in [6.45, 7) is 3.86. The molecule has 1 spiro atoms. The number of allylic oxidation sites excluding steroid dienone is 1. The molecule has 9 nitrogen and oxygen atoms in total. The molecule has 2 saturated carbocycles. The maximum Gasteiger partial charge on any atom is 0.327 e. The first-order valence-corrected chi connectivity index (χ1v) is 19.1. The molecule has 3 amide bonds. The van der Waals surface area contributed by atoms with Crippen LogP contribution in [-0.2, 0) is 26.5 Å². The van der Waals surface area contributed by atoms with Crippen LogP contribution in [0.1, 0.15) is 66.9 Å². The van der Waals surface area contributed by atoms with Crippen molar-refractivity contribution in [3.05, 3.63) is 70.3 Å². The third-order valence-electron chi connectivity index (χ3n) is 10.8. The van der Waals surface area contributed by atoms with Gasteiger partial charge in [0, 0.05) is 42.6 Å². The average Bonchev–Trinajstić information content (AvgIpc) is 3.75. The maximum absolute atomic E-state index is 14.2. The minimum Gasteiger partial charge on any atom is -0.490 e. The molecule has 2 heterocycles. The van der Waals surface area contributed by atoms with Crippen molar-refractivity contribution in [1.82, 2.24) is 10.0 Å². The Balaban J connectivity index is 1.28. The van der Waals surface area contributed by atoms with Crippen molar-refractivity contribution in [3.63, 3.8) is 0 Å². The van der Waals surface area contributed by atoms with E-state index in [4.69, 9.17) is 21.1 Å². The van der Waals surface area contributed by atoms with Crippen molar-refractivity contribution < 1.29 is 27.7 Å². The molecule has 258 valence electrons. The highest BCUT2D eigenvalue weighted by molar-refractivity contribution is 7.92. The molecular formula is C36H44ClFN4O5S. The van der Waals surface area contributed by atoms with Gasteiger partial charge in [0.2, 0.25) is 0 Å². The number of methoxy groups -OCH3 is 1. The van der Waals surface area contributed by atoms with E-state index < -0.39 is 34.1 Å². The molecule has 2 aliphatic heterocycles. The number of nitrogens with one attached hydrogen (secondary N) is 2. The number of hydrogen-bond donors (Lipinski definition) is 2. The highest BCUT2D eigenvalue weighted by Crippen LogP contribution is 2.47. The topological polar surface area (TPSA) is 109 Å². The highest BCUT2D eigenvalue weighted by atomic mass is 35.5. The molecule has 7 rings (SSSR count). The van der Waals surface area contributed by atoms with Gasteiger partial charge in [-0.15, -0.1) is 4.36 Å². The number of carbonyl (C=O) groups is 2. The van der Waals surface area contributed by atoms with Crippen molar-refractivity contribution in [2.24, 2.45) is 22.1 Å². The lowest BCUT2D eigenvalue weighted by molar-refractivity contribution is 0.0131. The van der Waals surface area contributed by atoms with E-state index in [1.807, 2.05) is 19.1 Å². The first kappa shape index (κ1) is 33.4. The smallest absolute Gasteiger partial charge is 0.327 e. The molecule has 0 radical (unpaired) electrons. The molecule has 0 saturated heterocycles. The van der Waals surface area contributed by atoms with E-state index in [9.17, 15) is 18.2 Å². The SMILES string of the molecule is CO[C@H]1/C=C/C[C@H](C)C[S@@](=O)(NC(=O)N[C@H]2C[C@H]2F)=NC(=O)c2ccc3c(c2)N(C[C@@H]2CC[C@H]21)C[C@@]1(CCCc2cc(Cl)ccc21)CO3. The largest absolute Gasteiger partial charge is 0.490 e. The predicted molar refractivity (Wildman–Crippen MR) is 185 cm³/mol. The number of fused-ring (bicyclic) bond motifs is 4. The van der Waals surface area contributed by atoms with Gasteiger partial charge in [-0.3, -0.25) is 9.52 Å². The monoisotopic (exact) mass is 698 g/mol. The lowest BCUT2D eigenvalue weighted by Gasteiger charge is -2.46. The molecule has 2 aromatic carbocycles. The zero-order valence-corrected chi connectivity index (χ0v) is 29.0. The summed E-state index contributed by atoms with van der Waals surface area (Å²) in [7, 11) is -1.81. The average molecular weight is 699 g/mol. The Morgan fingerprint density at radius 1 is 1.23 bits per heavy atom. The van der Waals surface area contributed by atoms with Gasteiger partial charge < -0.3 is 19.7 Å². The van der Waals surface area contributed by atoms with Crippen molar-refractivity contribution in [2.45, 2.75) is 75.6 Å². The number of alkyl halides is 1. The minimum atomic E-state index is -3.56. The van der Waals surface area contributed by atoms with E-state index in [0.29, 0.717) is 37.2 Å². The third-order valence-corrected chi connectivity index (χ3v) is 13.0. The number of urea groups is 1. The zero-order chi connectivity index (χ0) is 33.6. The van der Waals surface area contributed by atoms with E-state index in [1.54, 1.807) is 25.3 Å². The van der Waals surface area contributed by atoms with Gasteiger partial charge in [0.1, 0.15) is 21.8 Å². The van der Waals surface area contributed by atoms with E-state index >= 15 is 0 Å². The third kappa shape index (κ3) is 6.83. The van der Waals surface area contributed by atoms with E-state index in [0.717, 1.165) is 49.4 Å². The van der Waals surface area contributed by atoms with Crippen LogP contribution >= 0.6 is 11.6 Å². The number of aryl methyl sites for hydroxylation is 1. The lowest BCUT2D eigenvalue weighted by atomic mass is 9.68. The standard InChI is InChI=1S/C36H44ClFN4O5S/c1-22-5-3-7-32(46-2)27-11-8-25(27)18-42-20-36(14-4-6-23-15-26(37)10-12-28(23)36)21-47-33-13-9-24(16-31(33)42)34(43)40-48(45,19-22)41-35(44)39-30-17-29(30)38/h3,7,9-10,12-13,15-16,22,25,27,29-30,32H,4-6,8,11,14,17-21H2,1-2H3,(H2,39,40,41,43,44,45)/b7-3+/t22-,25-,27+,29+,30-,32-,36-,48-/m0/s1. The van der Waals surface area contributed by atoms with Crippen LogP contribution in [0, 0.1) is 17.8 Å². The molecule has 12 heteroatoms. The number of carbonyl (C=O) groups excluding carboxylic acids is 2. The first-order chi connectivity index (χ1) is 23.0. The number of anilines is 1. The molecule has 2 bridgehead atoms. The molecule has 48 heavy (non-hydrogen) atoms. The van der Waals surface area contributed by atoms with Gasteiger partial charge >= 0.3 is 6.03 Å². The van der Waals surface area contributed by atoms with Crippen LogP contribution < -0.4 is 19.7 Å². The van der Waals surface area contributed by atoms with Crippen molar-refractivity contribution in [1.29, 1.82) is 0 Å². The van der Waals surface area contributed by atoms with Gasteiger partial charge in [-0.2, -0.15) is 0 Å². The summed E-state index contributed by atoms with van der Waals surface area (Å²) in [5, 5.41) is 3.23. The van der Waals surface area contributed by atoms with Gasteiger partial charge in [0.25, 0.3) is 5.91 Å². The summed E-state index contributed by atoms with van der Waals surface area (Å²) >= 11 is 6.43. The molecule has 2 N–H and O–H groups in total. The number of amides is 3. The van der Waals surface area contributed by atoms with Gasteiger partial charge in [0.05, 0.1) is 30.2 Å².